The minimum absolute atomic E-state index is 0.0704. The lowest BCUT2D eigenvalue weighted by Crippen LogP contribution is -2.25. The molecule has 3 rings (SSSR count). The molecular weight excluding hydrogens is 304 g/mol. The van der Waals surface area contributed by atoms with Gasteiger partial charge in [-0.25, -0.2) is 5.43 Å². The fraction of sp³-hybridized carbons (Fsp3) is 0.579. The fourth-order valence-corrected chi connectivity index (χ4v) is 4.86. The van der Waals surface area contributed by atoms with Gasteiger partial charge in [-0.3, -0.25) is 4.79 Å². The molecule has 0 unspecified atom stereocenters. The van der Waals surface area contributed by atoms with Gasteiger partial charge in [-0.1, -0.05) is 26.3 Å². The predicted octanol–water partition coefficient (Wildman–Crippen LogP) is 4.73. The summed E-state index contributed by atoms with van der Waals surface area (Å²) in [5.41, 5.74) is 6.65. The Hall–Kier alpha value is -1.42. The summed E-state index contributed by atoms with van der Waals surface area (Å²) in [5.74, 6) is 0.657. The first-order chi connectivity index (χ1) is 10.8. The van der Waals surface area contributed by atoms with E-state index >= 15 is 0 Å². The summed E-state index contributed by atoms with van der Waals surface area (Å²) < 4.78 is 0. The Morgan fingerprint density at radius 3 is 2.91 bits per heavy atom. The van der Waals surface area contributed by atoms with E-state index in [9.17, 15) is 4.79 Å². The van der Waals surface area contributed by atoms with Crippen LogP contribution >= 0.6 is 11.3 Å². The van der Waals surface area contributed by atoms with Crippen molar-refractivity contribution in [2.75, 3.05) is 0 Å². The quantitative estimate of drug-likeness (QED) is 0.783. The largest absolute Gasteiger partial charge is 0.281 e. The second-order valence-corrected chi connectivity index (χ2v) is 9.10. The minimum atomic E-state index is -0.0704. The number of hydrogen-bond donors (Lipinski definition) is 1. The van der Waals surface area contributed by atoms with Crippen LogP contribution in [0.4, 0.5) is 0 Å². The van der Waals surface area contributed by atoms with Crippen molar-refractivity contribution in [1.29, 1.82) is 0 Å². The number of fused-ring (bicyclic) bond motifs is 1. The third-order valence-electron chi connectivity index (χ3n) is 4.68. The van der Waals surface area contributed by atoms with Crippen molar-refractivity contribution in [1.82, 2.24) is 5.43 Å². The number of hydrazone groups is 1. The van der Waals surface area contributed by atoms with Crippen molar-refractivity contribution in [2.24, 2.45) is 16.4 Å². The number of allylic oxidation sites excluding steroid dienone is 2. The predicted molar refractivity (Wildman–Crippen MR) is 97.2 cm³/mol. The number of thiophene rings is 1. The van der Waals surface area contributed by atoms with E-state index in [1.54, 1.807) is 11.3 Å². The average molecular weight is 330 g/mol. The molecule has 23 heavy (non-hydrogen) atoms. The first-order valence-electron chi connectivity index (χ1n) is 8.48. The van der Waals surface area contributed by atoms with E-state index < -0.39 is 0 Å². The molecule has 4 heteroatoms. The van der Waals surface area contributed by atoms with Crippen LogP contribution in [-0.2, 0) is 12.8 Å². The maximum absolute atomic E-state index is 12.4. The molecule has 0 saturated carbocycles. The number of carbonyl (C=O) groups excluding carboxylic acids is 1. The highest BCUT2D eigenvalue weighted by Gasteiger charge is 2.25. The highest BCUT2D eigenvalue weighted by atomic mass is 32.1. The van der Waals surface area contributed by atoms with E-state index in [1.165, 1.54) is 22.4 Å². The van der Waals surface area contributed by atoms with E-state index in [4.69, 9.17) is 0 Å². The summed E-state index contributed by atoms with van der Waals surface area (Å²) in [5, 5.41) is 4.37. The first kappa shape index (κ1) is 16.4. The van der Waals surface area contributed by atoms with E-state index in [0.29, 0.717) is 0 Å². The van der Waals surface area contributed by atoms with Gasteiger partial charge in [0.2, 0.25) is 0 Å². The summed E-state index contributed by atoms with van der Waals surface area (Å²) >= 11 is 1.64. The number of amides is 1. The standard InChI is InChI=1S/C19H26N2OS/c1-12-5-6-16-14(7-12)9-17(23-16)18(22)21-20-15-8-13(2)10-19(3,4)11-15/h8-9,12H,5-7,10-11H2,1-4H3,(H,21,22)/b20-15+/t12-/m1/s1. The lowest BCUT2D eigenvalue weighted by atomic mass is 9.77. The van der Waals surface area contributed by atoms with Crippen LogP contribution in [0.2, 0.25) is 0 Å². The van der Waals surface area contributed by atoms with Crippen molar-refractivity contribution in [3.63, 3.8) is 0 Å². The number of nitrogens with zero attached hydrogens (tertiary/aromatic N) is 1. The lowest BCUT2D eigenvalue weighted by Gasteiger charge is -2.29. The Kier molecular flexibility index (Phi) is 4.45. The number of hydrogen-bond acceptors (Lipinski definition) is 3. The van der Waals surface area contributed by atoms with Crippen molar-refractivity contribution in [3.8, 4) is 0 Å². The fourth-order valence-electron chi connectivity index (χ4n) is 3.76. The van der Waals surface area contributed by atoms with Gasteiger partial charge in [0.25, 0.3) is 5.91 Å². The van der Waals surface area contributed by atoms with Gasteiger partial charge in [-0.2, -0.15) is 5.10 Å². The Morgan fingerprint density at radius 2 is 2.17 bits per heavy atom. The van der Waals surface area contributed by atoms with Crippen molar-refractivity contribution in [3.05, 3.63) is 33.0 Å². The van der Waals surface area contributed by atoms with Crippen LogP contribution in [0, 0.1) is 11.3 Å². The third-order valence-corrected chi connectivity index (χ3v) is 5.92. The second-order valence-electron chi connectivity index (χ2n) is 7.96. The molecule has 0 saturated heterocycles. The molecule has 1 N–H and O–H groups in total. The molecule has 0 aliphatic heterocycles. The smallest absolute Gasteiger partial charge is 0.266 e. The van der Waals surface area contributed by atoms with Gasteiger partial charge < -0.3 is 0 Å². The Balaban J connectivity index is 1.70. The monoisotopic (exact) mass is 330 g/mol. The Bertz CT molecular complexity index is 682. The van der Waals surface area contributed by atoms with E-state index in [0.717, 1.165) is 42.2 Å². The minimum Gasteiger partial charge on any atom is -0.266 e. The van der Waals surface area contributed by atoms with Crippen LogP contribution in [0.15, 0.2) is 22.8 Å². The van der Waals surface area contributed by atoms with Crippen LogP contribution in [0.1, 0.15) is 67.1 Å². The topological polar surface area (TPSA) is 41.5 Å². The highest BCUT2D eigenvalue weighted by Crippen LogP contribution is 2.34. The van der Waals surface area contributed by atoms with E-state index in [-0.39, 0.29) is 11.3 Å². The average Bonchev–Trinajstić information content (AvgIpc) is 2.85. The van der Waals surface area contributed by atoms with Gasteiger partial charge >= 0.3 is 0 Å². The van der Waals surface area contributed by atoms with Crippen LogP contribution in [-0.4, -0.2) is 11.6 Å². The molecule has 0 aromatic carbocycles. The molecule has 1 heterocycles. The zero-order chi connectivity index (χ0) is 16.6. The molecule has 2 aliphatic rings. The second kappa shape index (κ2) is 6.23. The van der Waals surface area contributed by atoms with E-state index in [2.05, 4.69) is 50.4 Å². The van der Waals surface area contributed by atoms with Crippen LogP contribution < -0.4 is 5.43 Å². The molecule has 1 aromatic rings. The number of rotatable bonds is 2. The summed E-state index contributed by atoms with van der Waals surface area (Å²) in [6.45, 7) is 8.91. The molecule has 1 atom stereocenters. The van der Waals surface area contributed by atoms with Gasteiger partial charge in [0.15, 0.2) is 0 Å². The maximum Gasteiger partial charge on any atom is 0.281 e. The van der Waals surface area contributed by atoms with Crippen LogP contribution in [0.25, 0.3) is 0 Å². The van der Waals surface area contributed by atoms with Gasteiger partial charge in [0.05, 0.1) is 10.6 Å². The summed E-state index contributed by atoms with van der Waals surface area (Å²) in [6, 6.07) is 2.07. The third kappa shape index (κ3) is 3.92. The maximum atomic E-state index is 12.4. The Labute approximate surface area is 142 Å². The van der Waals surface area contributed by atoms with Crippen molar-refractivity contribution >= 4 is 23.0 Å². The number of nitrogens with one attached hydrogen (secondary N) is 1. The molecule has 1 amide bonds. The van der Waals surface area contributed by atoms with Crippen LogP contribution in [0.5, 0.6) is 0 Å². The molecule has 2 aliphatic carbocycles. The van der Waals surface area contributed by atoms with Gasteiger partial charge in [-0.15, -0.1) is 11.3 Å². The Morgan fingerprint density at radius 1 is 1.39 bits per heavy atom. The van der Waals surface area contributed by atoms with E-state index in [1.807, 2.05) is 0 Å². The van der Waals surface area contributed by atoms with Crippen molar-refractivity contribution in [2.45, 2.75) is 59.8 Å². The summed E-state index contributed by atoms with van der Waals surface area (Å²) in [7, 11) is 0. The zero-order valence-electron chi connectivity index (χ0n) is 14.5. The van der Waals surface area contributed by atoms with Crippen LogP contribution in [0.3, 0.4) is 0 Å². The number of aryl methyl sites for hydroxylation is 1. The van der Waals surface area contributed by atoms with Gasteiger partial charge in [0.1, 0.15) is 0 Å². The molecule has 0 fully saturated rings. The lowest BCUT2D eigenvalue weighted by molar-refractivity contribution is 0.0958. The summed E-state index contributed by atoms with van der Waals surface area (Å²) in [4.78, 5) is 14.6. The van der Waals surface area contributed by atoms with Crippen molar-refractivity contribution < 1.29 is 4.79 Å². The van der Waals surface area contributed by atoms with Gasteiger partial charge in [0, 0.05) is 4.88 Å². The van der Waals surface area contributed by atoms with Gasteiger partial charge in [-0.05, 0) is 68.1 Å². The normalized spacial score (nSPS) is 25.0. The highest BCUT2D eigenvalue weighted by molar-refractivity contribution is 7.14. The molecule has 1 aromatic heterocycles. The molecule has 124 valence electrons. The molecule has 0 bridgehead atoms. The number of carbonyl (C=O) groups is 1. The SMILES string of the molecule is CC1=C/C(=N\NC(=O)c2cc3c(s2)CC[C@@H](C)C3)CC(C)(C)C1. The molecular formula is C19H26N2OS. The summed E-state index contributed by atoms with van der Waals surface area (Å²) in [6.07, 6.45) is 7.55. The first-order valence-corrected chi connectivity index (χ1v) is 9.30. The molecule has 0 spiro atoms. The molecule has 3 nitrogen and oxygen atoms in total. The molecule has 0 radical (unpaired) electrons. The zero-order valence-corrected chi connectivity index (χ0v) is 15.3.